The van der Waals surface area contributed by atoms with Crippen molar-refractivity contribution in [1.29, 1.82) is 0 Å². The zero-order chi connectivity index (χ0) is 18.1. The van der Waals surface area contributed by atoms with Crippen LogP contribution in [-0.4, -0.2) is 44.1 Å². The number of nitrogens with one attached hydrogen (secondary N) is 1. The monoisotopic (exact) mass is 353 g/mol. The molecule has 5 nitrogen and oxygen atoms in total. The number of benzene rings is 2. The van der Waals surface area contributed by atoms with Gasteiger partial charge in [-0.1, -0.05) is 0 Å². The van der Waals surface area contributed by atoms with E-state index in [1.54, 1.807) is 19.2 Å². The number of methoxy groups -OCH3 is 1. The highest BCUT2D eigenvalue weighted by atomic mass is 19.1. The summed E-state index contributed by atoms with van der Waals surface area (Å²) in [6, 6.07) is 12.2. The van der Waals surface area contributed by atoms with Crippen molar-refractivity contribution in [1.82, 2.24) is 4.90 Å². The number of nitrogens with zero attached hydrogens (tertiary/aromatic N) is 2. The molecule has 2 aromatic carbocycles. The largest absolute Gasteiger partial charge is 0.497 e. The van der Waals surface area contributed by atoms with Gasteiger partial charge in [0, 0.05) is 49.3 Å². The fourth-order valence-corrected chi connectivity index (χ4v) is 3.37. The molecule has 6 heteroatoms. The molecule has 26 heavy (non-hydrogen) atoms. The van der Waals surface area contributed by atoms with E-state index in [2.05, 4.69) is 15.1 Å². The van der Waals surface area contributed by atoms with E-state index in [4.69, 9.17) is 4.74 Å². The second-order valence-corrected chi connectivity index (χ2v) is 6.41. The van der Waals surface area contributed by atoms with Gasteiger partial charge in [0.1, 0.15) is 11.6 Å². The van der Waals surface area contributed by atoms with Crippen LogP contribution in [0.4, 0.5) is 15.8 Å². The fourth-order valence-electron chi connectivity index (χ4n) is 3.37. The first-order chi connectivity index (χ1) is 12.6. The summed E-state index contributed by atoms with van der Waals surface area (Å²) in [5.41, 5.74) is 3.36. The van der Waals surface area contributed by atoms with E-state index >= 15 is 0 Å². The Labute approximate surface area is 151 Å². The first-order valence-electron chi connectivity index (χ1n) is 8.60. The normalized spacial score (nSPS) is 18.1. The van der Waals surface area contributed by atoms with Crippen molar-refractivity contribution in [2.75, 3.05) is 43.5 Å². The predicted molar refractivity (Wildman–Crippen MR) is 99.8 cm³/mol. The van der Waals surface area contributed by atoms with Crippen molar-refractivity contribution >= 4 is 22.9 Å². The van der Waals surface area contributed by atoms with E-state index in [1.165, 1.54) is 12.1 Å². The number of rotatable bonds is 3. The molecule has 0 saturated carbocycles. The summed E-state index contributed by atoms with van der Waals surface area (Å²) in [6.07, 6.45) is 1.93. The standard InChI is InChI=1S/C20H20FN3O2/c1-26-16-6-7-19-17(12-16)18(20(25)22-19)13-23-8-10-24(11-9-23)15-4-2-14(21)3-5-15/h2-7,12-13H,8-11H2,1H3,(H,22,25)/b18-13+. The average Bonchev–Trinajstić information content (AvgIpc) is 2.98. The number of hydrogen-bond acceptors (Lipinski definition) is 4. The molecule has 134 valence electrons. The zero-order valence-electron chi connectivity index (χ0n) is 14.5. The Bertz CT molecular complexity index is 856. The molecule has 0 unspecified atom stereocenters. The summed E-state index contributed by atoms with van der Waals surface area (Å²) < 4.78 is 18.3. The molecular formula is C20H20FN3O2. The van der Waals surface area contributed by atoms with Crippen LogP contribution in [0.3, 0.4) is 0 Å². The van der Waals surface area contributed by atoms with Gasteiger partial charge in [-0.2, -0.15) is 0 Å². The minimum Gasteiger partial charge on any atom is -0.497 e. The molecule has 0 radical (unpaired) electrons. The van der Waals surface area contributed by atoms with Gasteiger partial charge < -0.3 is 19.9 Å². The molecule has 0 spiro atoms. The molecule has 2 aromatic rings. The summed E-state index contributed by atoms with van der Waals surface area (Å²) >= 11 is 0. The Balaban J connectivity index is 1.49. The maximum Gasteiger partial charge on any atom is 0.257 e. The third kappa shape index (κ3) is 3.10. The number of amides is 1. The van der Waals surface area contributed by atoms with Crippen molar-refractivity contribution in [3.05, 3.63) is 60.0 Å². The van der Waals surface area contributed by atoms with Crippen LogP contribution in [0.1, 0.15) is 5.56 Å². The first kappa shape index (κ1) is 16.4. The Morgan fingerprint density at radius 3 is 2.50 bits per heavy atom. The highest BCUT2D eigenvalue weighted by molar-refractivity contribution is 6.31. The molecule has 1 fully saturated rings. The third-order valence-corrected chi connectivity index (χ3v) is 4.83. The number of carbonyl (C=O) groups excluding carboxylic acids is 1. The number of carbonyl (C=O) groups is 1. The van der Waals surface area contributed by atoms with E-state index in [0.29, 0.717) is 5.57 Å². The van der Waals surface area contributed by atoms with Crippen molar-refractivity contribution < 1.29 is 13.9 Å². The number of ether oxygens (including phenoxy) is 1. The van der Waals surface area contributed by atoms with Gasteiger partial charge in [0.15, 0.2) is 0 Å². The van der Waals surface area contributed by atoms with Gasteiger partial charge in [-0.15, -0.1) is 0 Å². The van der Waals surface area contributed by atoms with Crippen LogP contribution in [0.25, 0.3) is 5.57 Å². The molecule has 0 atom stereocenters. The zero-order valence-corrected chi connectivity index (χ0v) is 14.5. The highest BCUT2D eigenvalue weighted by Gasteiger charge is 2.26. The molecule has 1 saturated heterocycles. The molecule has 1 N–H and O–H groups in total. The lowest BCUT2D eigenvalue weighted by Crippen LogP contribution is -2.44. The maximum absolute atomic E-state index is 13.1. The van der Waals surface area contributed by atoms with Crippen LogP contribution in [0.5, 0.6) is 5.75 Å². The molecule has 2 heterocycles. The van der Waals surface area contributed by atoms with Crippen molar-refractivity contribution in [2.24, 2.45) is 0 Å². The van der Waals surface area contributed by atoms with Crippen LogP contribution in [0, 0.1) is 5.82 Å². The van der Waals surface area contributed by atoms with Crippen LogP contribution in [0.2, 0.25) is 0 Å². The minimum atomic E-state index is -0.224. The second kappa shape index (κ2) is 6.71. The summed E-state index contributed by atoms with van der Waals surface area (Å²) in [5, 5.41) is 2.89. The van der Waals surface area contributed by atoms with E-state index in [9.17, 15) is 9.18 Å². The van der Waals surface area contributed by atoms with Crippen LogP contribution in [0.15, 0.2) is 48.7 Å². The Morgan fingerprint density at radius 2 is 1.81 bits per heavy atom. The Kier molecular flexibility index (Phi) is 4.24. The molecule has 1 amide bonds. The summed E-state index contributed by atoms with van der Waals surface area (Å²) in [5.74, 6) is 0.417. The first-order valence-corrected chi connectivity index (χ1v) is 8.60. The van der Waals surface area contributed by atoms with Gasteiger partial charge in [0.25, 0.3) is 5.91 Å². The number of anilines is 2. The number of piperazine rings is 1. The highest BCUT2D eigenvalue weighted by Crippen LogP contribution is 2.34. The number of fused-ring (bicyclic) bond motifs is 1. The number of halogens is 1. The number of hydrogen-bond donors (Lipinski definition) is 1. The van der Waals surface area contributed by atoms with Crippen molar-refractivity contribution in [2.45, 2.75) is 0 Å². The van der Waals surface area contributed by atoms with Gasteiger partial charge in [-0.25, -0.2) is 4.39 Å². The van der Waals surface area contributed by atoms with Gasteiger partial charge >= 0.3 is 0 Å². The molecule has 0 bridgehead atoms. The van der Waals surface area contributed by atoms with Gasteiger partial charge in [-0.3, -0.25) is 4.79 Å². The maximum atomic E-state index is 13.1. The molecule has 4 rings (SSSR count). The van der Waals surface area contributed by atoms with Crippen molar-refractivity contribution in [3.8, 4) is 5.75 Å². The smallest absolute Gasteiger partial charge is 0.257 e. The van der Waals surface area contributed by atoms with Gasteiger partial charge in [0.05, 0.1) is 12.7 Å². The molecule has 2 aliphatic rings. The molecule has 0 aromatic heterocycles. The third-order valence-electron chi connectivity index (χ3n) is 4.83. The van der Waals surface area contributed by atoms with E-state index < -0.39 is 0 Å². The SMILES string of the molecule is COc1ccc2c(c1)/C(=C\N1CCN(c3ccc(F)cc3)CC1)C(=O)N2. The van der Waals surface area contributed by atoms with E-state index in [-0.39, 0.29) is 11.7 Å². The average molecular weight is 353 g/mol. The molecule has 2 aliphatic heterocycles. The van der Waals surface area contributed by atoms with Crippen LogP contribution >= 0.6 is 0 Å². The molecule has 0 aliphatic carbocycles. The van der Waals surface area contributed by atoms with E-state index in [0.717, 1.165) is 48.9 Å². The predicted octanol–water partition coefficient (Wildman–Crippen LogP) is 2.95. The van der Waals surface area contributed by atoms with E-state index in [1.807, 2.05) is 24.4 Å². The van der Waals surface area contributed by atoms with Gasteiger partial charge in [-0.05, 0) is 42.5 Å². The summed E-state index contributed by atoms with van der Waals surface area (Å²) in [6.45, 7) is 3.24. The Hall–Kier alpha value is -3.02. The lowest BCUT2D eigenvalue weighted by molar-refractivity contribution is -0.110. The second-order valence-electron chi connectivity index (χ2n) is 6.41. The summed E-state index contributed by atoms with van der Waals surface area (Å²) in [4.78, 5) is 16.7. The summed E-state index contributed by atoms with van der Waals surface area (Å²) in [7, 11) is 1.62. The fraction of sp³-hybridized carbons (Fsp3) is 0.250. The lowest BCUT2D eigenvalue weighted by Gasteiger charge is -2.35. The van der Waals surface area contributed by atoms with Crippen LogP contribution in [-0.2, 0) is 4.79 Å². The topological polar surface area (TPSA) is 44.8 Å². The van der Waals surface area contributed by atoms with Gasteiger partial charge in [0.2, 0.25) is 0 Å². The Morgan fingerprint density at radius 1 is 1.08 bits per heavy atom. The minimum absolute atomic E-state index is 0.0887. The molecular weight excluding hydrogens is 333 g/mol. The van der Waals surface area contributed by atoms with Crippen LogP contribution < -0.4 is 15.0 Å². The lowest BCUT2D eigenvalue weighted by atomic mass is 10.1. The quantitative estimate of drug-likeness (QED) is 0.862. The van der Waals surface area contributed by atoms with Crippen molar-refractivity contribution in [3.63, 3.8) is 0 Å².